The highest BCUT2D eigenvalue weighted by Gasteiger charge is 2.47. The Morgan fingerprint density at radius 2 is 2.18 bits per heavy atom. The smallest absolute Gasteiger partial charge is 0.330 e. The Balaban J connectivity index is 2.25. The Morgan fingerprint density at radius 3 is 2.77 bits per heavy atom. The van der Waals surface area contributed by atoms with Gasteiger partial charge in [-0.05, 0) is 6.08 Å². The van der Waals surface area contributed by atoms with Gasteiger partial charge in [-0.1, -0.05) is 0 Å². The largest absolute Gasteiger partial charge is 0.478 e. The number of H-pyrrole nitrogens is 1. The Kier molecular flexibility index (Phi) is 4.54. The van der Waals surface area contributed by atoms with Gasteiger partial charge in [-0.3, -0.25) is 14.3 Å². The lowest BCUT2D eigenvalue weighted by atomic mass is 10.1. The van der Waals surface area contributed by atoms with E-state index < -0.39 is 47.9 Å². The maximum Gasteiger partial charge on any atom is 0.330 e. The molecule has 1 aromatic rings. The summed E-state index contributed by atoms with van der Waals surface area (Å²) in [7, 11) is 0. The van der Waals surface area contributed by atoms with Gasteiger partial charge in [-0.15, -0.1) is 0 Å². The first-order valence-electron chi connectivity index (χ1n) is 6.19. The highest BCUT2D eigenvalue weighted by Crippen LogP contribution is 2.32. The van der Waals surface area contributed by atoms with E-state index in [1.165, 1.54) is 0 Å². The second-order valence-electron chi connectivity index (χ2n) is 4.63. The summed E-state index contributed by atoms with van der Waals surface area (Å²) in [6.45, 7) is 0. The van der Waals surface area contributed by atoms with E-state index in [9.17, 15) is 29.0 Å². The molecule has 1 unspecified atom stereocenters. The third-order valence-corrected chi connectivity index (χ3v) is 3.13. The normalized spacial score (nSPS) is 29.8. The molecule has 0 aromatic carbocycles. The Hall–Kier alpha value is -2.30. The number of carbonyl (C=O) groups is 1. The van der Waals surface area contributed by atoms with Crippen molar-refractivity contribution in [1.29, 1.82) is 0 Å². The molecule has 10 heteroatoms. The van der Waals surface area contributed by atoms with Crippen LogP contribution >= 0.6 is 0 Å². The molecule has 2 heterocycles. The van der Waals surface area contributed by atoms with Gasteiger partial charge in [-0.25, -0.2) is 14.0 Å². The molecule has 1 aromatic heterocycles. The Morgan fingerprint density at radius 1 is 1.50 bits per heavy atom. The molecule has 0 amide bonds. The van der Waals surface area contributed by atoms with Crippen LogP contribution in [0.3, 0.4) is 0 Å². The minimum absolute atomic E-state index is 0.619. The molecule has 0 aliphatic carbocycles. The van der Waals surface area contributed by atoms with Crippen molar-refractivity contribution in [1.82, 2.24) is 9.55 Å². The molecule has 9 nitrogen and oxygen atoms in total. The average molecular weight is 316 g/mol. The molecule has 1 saturated heterocycles. The number of carboxylic acid groups (broad SMARTS) is 1. The van der Waals surface area contributed by atoms with Crippen LogP contribution in [0, 0.1) is 0 Å². The van der Waals surface area contributed by atoms with Crippen LogP contribution in [0.1, 0.15) is 6.23 Å². The summed E-state index contributed by atoms with van der Waals surface area (Å²) in [5, 5.41) is 27.9. The van der Waals surface area contributed by atoms with Crippen molar-refractivity contribution >= 4 is 5.97 Å². The maximum atomic E-state index is 14.1. The third kappa shape index (κ3) is 3.13. The van der Waals surface area contributed by atoms with Crippen molar-refractivity contribution in [2.24, 2.45) is 0 Å². The number of rotatable bonds is 4. The first-order valence-corrected chi connectivity index (χ1v) is 6.19. The van der Waals surface area contributed by atoms with Gasteiger partial charge in [0.05, 0.1) is 0 Å². The number of hydrogen-bond acceptors (Lipinski definition) is 6. The van der Waals surface area contributed by atoms with E-state index in [2.05, 4.69) is 0 Å². The summed E-state index contributed by atoms with van der Waals surface area (Å²) in [6, 6.07) is 0.970. The van der Waals surface area contributed by atoms with Gasteiger partial charge in [-0.2, -0.15) is 0 Å². The van der Waals surface area contributed by atoms with E-state index in [-0.39, 0.29) is 0 Å². The van der Waals surface area contributed by atoms with Crippen molar-refractivity contribution in [2.75, 3.05) is 0 Å². The zero-order valence-corrected chi connectivity index (χ0v) is 11.0. The number of hydrogen-bond donors (Lipinski definition) is 4. The summed E-state index contributed by atoms with van der Waals surface area (Å²) in [5.74, 6) is -1.34. The number of aliphatic carboxylic acids is 1. The molecule has 1 aliphatic rings. The number of nitrogens with zero attached hydrogens (tertiary/aromatic N) is 1. The number of aliphatic hydroxyl groups excluding tert-OH is 2. The number of carboxylic acids is 1. The van der Waals surface area contributed by atoms with E-state index in [0.29, 0.717) is 6.08 Å². The molecule has 0 bridgehead atoms. The van der Waals surface area contributed by atoms with Crippen LogP contribution in [-0.4, -0.2) is 55.3 Å². The van der Waals surface area contributed by atoms with Gasteiger partial charge in [0.2, 0.25) is 0 Å². The van der Waals surface area contributed by atoms with E-state index in [4.69, 9.17) is 9.84 Å². The monoisotopic (exact) mass is 316 g/mol. The van der Waals surface area contributed by atoms with Crippen molar-refractivity contribution in [3.05, 3.63) is 45.3 Å². The van der Waals surface area contributed by atoms with Crippen LogP contribution in [0.5, 0.6) is 0 Å². The lowest BCUT2D eigenvalue weighted by Gasteiger charge is -2.18. The second kappa shape index (κ2) is 6.22. The van der Waals surface area contributed by atoms with Crippen molar-refractivity contribution in [3.63, 3.8) is 0 Å². The number of nitrogens with one attached hydrogen (secondary N) is 1. The Labute approximate surface area is 121 Å². The highest BCUT2D eigenvalue weighted by atomic mass is 19.1. The number of aromatic nitrogens is 2. The zero-order chi connectivity index (χ0) is 16.4. The second-order valence-corrected chi connectivity index (χ2v) is 4.63. The fraction of sp³-hybridized carbons (Fsp3) is 0.417. The summed E-state index contributed by atoms with van der Waals surface area (Å²) in [6.07, 6.45) is -6.01. The number of halogens is 1. The number of ether oxygens (including phenoxy) is 1. The highest BCUT2D eigenvalue weighted by molar-refractivity contribution is 5.79. The topological polar surface area (TPSA) is 142 Å². The quantitative estimate of drug-likeness (QED) is 0.477. The minimum atomic E-state index is -2.05. The van der Waals surface area contributed by atoms with Crippen LogP contribution in [0.4, 0.5) is 4.39 Å². The van der Waals surface area contributed by atoms with Crippen LogP contribution in [0.25, 0.3) is 0 Å². The van der Waals surface area contributed by atoms with Crippen molar-refractivity contribution in [2.45, 2.75) is 30.7 Å². The lowest BCUT2D eigenvalue weighted by molar-refractivity contribution is -0.131. The minimum Gasteiger partial charge on any atom is -0.478 e. The summed E-state index contributed by atoms with van der Waals surface area (Å²) in [4.78, 5) is 34.8. The van der Waals surface area contributed by atoms with Crippen LogP contribution < -0.4 is 11.2 Å². The molecular weight excluding hydrogens is 303 g/mol. The fourth-order valence-corrected chi connectivity index (χ4v) is 2.09. The molecule has 2 rings (SSSR count). The summed E-state index contributed by atoms with van der Waals surface area (Å²) in [5.41, 5.74) is -1.63. The summed E-state index contributed by atoms with van der Waals surface area (Å²) < 4.78 is 19.9. The van der Waals surface area contributed by atoms with E-state index in [1.54, 1.807) is 0 Å². The lowest BCUT2D eigenvalue weighted by Crippen LogP contribution is -2.37. The van der Waals surface area contributed by atoms with Crippen molar-refractivity contribution in [3.8, 4) is 0 Å². The van der Waals surface area contributed by atoms with Crippen LogP contribution in [-0.2, 0) is 9.53 Å². The SMILES string of the molecule is O=C(O)/C=C/C(O)[C@@H]1O[C@H](n2ccc(=O)[nH]c2=O)[C@H](F)[C@H]1O. The first-order chi connectivity index (χ1) is 10.3. The molecule has 1 fully saturated rings. The predicted molar refractivity (Wildman–Crippen MR) is 68.9 cm³/mol. The first kappa shape index (κ1) is 16.1. The third-order valence-electron chi connectivity index (χ3n) is 3.13. The summed E-state index contributed by atoms with van der Waals surface area (Å²) >= 11 is 0. The zero-order valence-electron chi connectivity index (χ0n) is 11.0. The Bertz CT molecular complexity index is 697. The van der Waals surface area contributed by atoms with Crippen LogP contribution in [0.2, 0.25) is 0 Å². The van der Waals surface area contributed by atoms with Gasteiger partial charge < -0.3 is 20.1 Å². The van der Waals surface area contributed by atoms with Gasteiger partial charge >= 0.3 is 11.7 Å². The molecule has 0 spiro atoms. The predicted octanol–water partition coefficient (Wildman–Crippen LogP) is -1.87. The van der Waals surface area contributed by atoms with Gasteiger partial charge in [0, 0.05) is 18.3 Å². The molecule has 0 saturated carbocycles. The van der Waals surface area contributed by atoms with Gasteiger partial charge in [0.25, 0.3) is 5.56 Å². The van der Waals surface area contributed by atoms with Gasteiger partial charge in [0.15, 0.2) is 12.4 Å². The average Bonchev–Trinajstić information content (AvgIpc) is 2.73. The van der Waals surface area contributed by atoms with Crippen molar-refractivity contribution < 1.29 is 29.2 Å². The van der Waals surface area contributed by atoms with Crippen LogP contribution in [0.15, 0.2) is 34.0 Å². The molecule has 0 radical (unpaired) electrons. The molecule has 22 heavy (non-hydrogen) atoms. The maximum absolute atomic E-state index is 14.1. The number of aromatic amines is 1. The standard InChI is InChI=1S/C12H13FN2O7/c13-8-9(20)10(5(16)1-2-7(18)19)22-11(8)15-4-3-6(17)14-12(15)21/h1-5,8-11,16,20H,(H,18,19)(H,14,17,21)/b2-1+/t5?,8-,9-,10+,11+/m1/s1. The molecule has 4 N–H and O–H groups in total. The molecule has 1 aliphatic heterocycles. The molecule has 120 valence electrons. The van der Waals surface area contributed by atoms with E-state index >= 15 is 0 Å². The molecule has 5 atom stereocenters. The molecular formula is C12H13FN2O7. The van der Waals surface area contributed by atoms with E-state index in [1.807, 2.05) is 4.98 Å². The van der Waals surface area contributed by atoms with Gasteiger partial charge in [0.1, 0.15) is 18.3 Å². The number of alkyl halides is 1. The van der Waals surface area contributed by atoms with E-state index in [0.717, 1.165) is 22.9 Å². The fourth-order valence-electron chi connectivity index (χ4n) is 2.09. The number of aliphatic hydroxyl groups is 2.